The number of nitrogens with zero attached hydrogens (tertiary/aromatic N) is 3. The van der Waals surface area contributed by atoms with Crippen LogP contribution in [0.4, 0.5) is 13.2 Å². The summed E-state index contributed by atoms with van der Waals surface area (Å²) in [6.07, 6.45) is -2.40. The highest BCUT2D eigenvalue weighted by Gasteiger charge is 2.33. The SMILES string of the molecule is CCCCc1nc(O)c(C(=O)N2CCN(Cc3cccc(C(F)(F)F)c3)CC2)c(O)c1-c1c(OC)cccc1OC. The summed E-state index contributed by atoms with van der Waals surface area (Å²) in [4.78, 5) is 21.4. The summed E-state index contributed by atoms with van der Waals surface area (Å²) in [5.41, 5.74) is 0.599. The number of carbonyl (C=O) groups excluding carboxylic acids is 1. The molecular formula is C30H34F3N3O5. The first-order valence-corrected chi connectivity index (χ1v) is 13.4. The van der Waals surface area contributed by atoms with E-state index < -0.39 is 29.3 Å². The highest BCUT2D eigenvalue weighted by Crippen LogP contribution is 2.47. The minimum atomic E-state index is -4.42. The van der Waals surface area contributed by atoms with Crippen LogP contribution in [0.1, 0.15) is 46.9 Å². The van der Waals surface area contributed by atoms with E-state index in [0.29, 0.717) is 54.4 Å². The molecule has 0 radical (unpaired) electrons. The van der Waals surface area contributed by atoms with Gasteiger partial charge in [0.15, 0.2) is 0 Å². The Balaban J connectivity index is 1.61. The number of alkyl halides is 3. The molecule has 0 bridgehead atoms. The number of pyridine rings is 1. The van der Waals surface area contributed by atoms with E-state index in [2.05, 4.69) is 4.98 Å². The number of rotatable bonds is 9. The van der Waals surface area contributed by atoms with Crippen molar-refractivity contribution in [3.05, 3.63) is 64.8 Å². The second-order valence-electron chi connectivity index (χ2n) is 9.89. The van der Waals surface area contributed by atoms with Crippen LogP contribution >= 0.6 is 0 Å². The number of carbonyl (C=O) groups is 1. The van der Waals surface area contributed by atoms with Crippen LogP contribution in [-0.2, 0) is 19.1 Å². The average molecular weight is 574 g/mol. The number of halogens is 3. The van der Waals surface area contributed by atoms with Gasteiger partial charge in [0.25, 0.3) is 5.91 Å². The van der Waals surface area contributed by atoms with Gasteiger partial charge in [-0.1, -0.05) is 37.6 Å². The second kappa shape index (κ2) is 12.7. The van der Waals surface area contributed by atoms with Crippen molar-refractivity contribution in [1.82, 2.24) is 14.8 Å². The van der Waals surface area contributed by atoms with E-state index in [1.54, 1.807) is 24.3 Å². The lowest BCUT2D eigenvalue weighted by atomic mass is 9.95. The minimum Gasteiger partial charge on any atom is -0.506 e. The average Bonchev–Trinajstić information content (AvgIpc) is 2.95. The molecule has 1 saturated heterocycles. The number of amides is 1. The molecule has 220 valence electrons. The van der Waals surface area contributed by atoms with Gasteiger partial charge >= 0.3 is 6.18 Å². The van der Waals surface area contributed by atoms with Crippen molar-refractivity contribution >= 4 is 5.91 Å². The molecule has 0 unspecified atom stereocenters. The van der Waals surface area contributed by atoms with Crippen LogP contribution in [0, 0.1) is 0 Å². The summed E-state index contributed by atoms with van der Waals surface area (Å²) >= 11 is 0. The Bertz CT molecular complexity index is 1370. The molecule has 2 aromatic carbocycles. The predicted octanol–water partition coefficient (Wildman–Crippen LogP) is 5.50. The maximum atomic E-state index is 13.6. The molecule has 0 atom stereocenters. The quantitative estimate of drug-likeness (QED) is 0.349. The summed E-state index contributed by atoms with van der Waals surface area (Å²) in [6.45, 7) is 3.61. The maximum absolute atomic E-state index is 13.6. The van der Waals surface area contributed by atoms with Gasteiger partial charge in [-0.2, -0.15) is 13.2 Å². The maximum Gasteiger partial charge on any atom is 0.416 e. The minimum absolute atomic E-state index is 0.252. The lowest BCUT2D eigenvalue weighted by molar-refractivity contribution is -0.137. The van der Waals surface area contributed by atoms with Gasteiger partial charge in [-0.15, -0.1) is 0 Å². The Kier molecular flexibility index (Phi) is 9.27. The first-order chi connectivity index (χ1) is 19.6. The monoisotopic (exact) mass is 573 g/mol. The van der Waals surface area contributed by atoms with Crippen LogP contribution in [0.5, 0.6) is 23.1 Å². The molecule has 11 heteroatoms. The van der Waals surface area contributed by atoms with Crippen molar-refractivity contribution in [3.8, 4) is 34.3 Å². The second-order valence-corrected chi connectivity index (χ2v) is 9.89. The highest BCUT2D eigenvalue weighted by atomic mass is 19.4. The van der Waals surface area contributed by atoms with E-state index in [4.69, 9.17) is 9.47 Å². The summed E-state index contributed by atoms with van der Waals surface area (Å²) in [5, 5.41) is 22.4. The predicted molar refractivity (Wildman–Crippen MR) is 147 cm³/mol. The number of ether oxygens (including phenoxy) is 2. The molecule has 0 aliphatic carbocycles. The smallest absolute Gasteiger partial charge is 0.416 e. The summed E-state index contributed by atoms with van der Waals surface area (Å²) in [6, 6.07) is 10.3. The molecule has 1 aliphatic heterocycles. The number of hydrogen-bond donors (Lipinski definition) is 2. The molecule has 2 heterocycles. The van der Waals surface area contributed by atoms with E-state index in [9.17, 15) is 28.2 Å². The first-order valence-electron chi connectivity index (χ1n) is 13.4. The molecule has 1 fully saturated rings. The fraction of sp³-hybridized carbons (Fsp3) is 0.400. The molecule has 1 amide bonds. The van der Waals surface area contributed by atoms with Crippen LogP contribution in [0.25, 0.3) is 11.1 Å². The van der Waals surface area contributed by atoms with Gasteiger partial charge in [-0.25, -0.2) is 4.98 Å². The molecule has 41 heavy (non-hydrogen) atoms. The standard InChI is InChI=1S/C30H34F3N3O5/c1-4-5-10-21-24(25-22(40-2)11-7-12-23(25)41-3)27(37)26(28(38)34-21)29(39)36-15-13-35(14-16-36)18-19-8-6-9-20(17-19)30(31,32)33/h6-9,11-12,17H,4-5,10,13-16,18H2,1-3H3,(H2,34,37,38). The van der Waals surface area contributed by atoms with Crippen molar-refractivity contribution in [1.29, 1.82) is 0 Å². The third-order valence-electron chi connectivity index (χ3n) is 7.21. The molecule has 0 saturated carbocycles. The fourth-order valence-corrected chi connectivity index (χ4v) is 5.06. The van der Waals surface area contributed by atoms with E-state index >= 15 is 0 Å². The van der Waals surface area contributed by atoms with Gasteiger partial charge in [0, 0.05) is 32.7 Å². The van der Waals surface area contributed by atoms with Gasteiger partial charge in [-0.3, -0.25) is 9.69 Å². The Labute approximate surface area is 236 Å². The van der Waals surface area contributed by atoms with E-state index in [1.165, 1.54) is 25.2 Å². The Morgan fingerprint density at radius 2 is 1.61 bits per heavy atom. The zero-order chi connectivity index (χ0) is 29.7. The van der Waals surface area contributed by atoms with Crippen LogP contribution in [-0.4, -0.2) is 71.3 Å². The molecule has 8 nitrogen and oxygen atoms in total. The van der Waals surface area contributed by atoms with Crippen molar-refractivity contribution in [2.45, 2.75) is 38.9 Å². The van der Waals surface area contributed by atoms with Crippen molar-refractivity contribution in [2.75, 3.05) is 40.4 Å². The van der Waals surface area contributed by atoms with E-state index in [0.717, 1.165) is 25.0 Å². The molecule has 1 aromatic heterocycles. The number of hydrogen-bond acceptors (Lipinski definition) is 7. The van der Waals surface area contributed by atoms with Crippen LogP contribution < -0.4 is 9.47 Å². The summed E-state index contributed by atoms with van der Waals surface area (Å²) in [5.74, 6) is -0.758. The molecular weight excluding hydrogens is 539 g/mol. The normalized spacial score (nSPS) is 14.2. The van der Waals surface area contributed by atoms with Crippen LogP contribution in [0.3, 0.4) is 0 Å². The zero-order valence-electron chi connectivity index (χ0n) is 23.3. The number of aromatic hydroxyl groups is 2. The molecule has 0 spiro atoms. The molecule has 1 aliphatic rings. The summed E-state index contributed by atoms with van der Waals surface area (Å²) in [7, 11) is 2.97. The van der Waals surface area contributed by atoms with Crippen LogP contribution in [0.15, 0.2) is 42.5 Å². The number of aromatic nitrogens is 1. The number of benzene rings is 2. The van der Waals surface area contributed by atoms with Gasteiger partial charge in [0.05, 0.1) is 36.6 Å². The van der Waals surface area contributed by atoms with Gasteiger partial charge in [-0.05, 0) is 36.6 Å². The van der Waals surface area contributed by atoms with Gasteiger partial charge in [0.2, 0.25) is 5.88 Å². The van der Waals surface area contributed by atoms with E-state index in [1.807, 2.05) is 11.8 Å². The molecule has 4 rings (SSSR count). The largest absolute Gasteiger partial charge is 0.506 e. The Morgan fingerprint density at radius 3 is 2.20 bits per heavy atom. The lowest BCUT2D eigenvalue weighted by Gasteiger charge is -2.35. The first kappa shape index (κ1) is 30.0. The third kappa shape index (κ3) is 6.51. The van der Waals surface area contributed by atoms with Gasteiger partial charge in [0.1, 0.15) is 22.8 Å². The topological polar surface area (TPSA) is 95.4 Å². The molecule has 2 N–H and O–H groups in total. The Morgan fingerprint density at radius 1 is 0.976 bits per heavy atom. The third-order valence-corrected chi connectivity index (χ3v) is 7.21. The lowest BCUT2D eigenvalue weighted by Crippen LogP contribution is -2.48. The van der Waals surface area contributed by atoms with E-state index in [-0.39, 0.29) is 24.2 Å². The van der Waals surface area contributed by atoms with Crippen molar-refractivity contribution in [2.24, 2.45) is 0 Å². The van der Waals surface area contributed by atoms with Crippen molar-refractivity contribution in [3.63, 3.8) is 0 Å². The number of methoxy groups -OCH3 is 2. The Hall–Kier alpha value is -3.99. The number of aryl methyl sites for hydroxylation is 1. The highest BCUT2D eigenvalue weighted by molar-refractivity contribution is 6.02. The number of piperazine rings is 1. The van der Waals surface area contributed by atoms with Crippen LogP contribution in [0.2, 0.25) is 0 Å². The van der Waals surface area contributed by atoms with Gasteiger partial charge < -0.3 is 24.6 Å². The summed E-state index contributed by atoms with van der Waals surface area (Å²) < 4.78 is 50.4. The zero-order valence-corrected chi connectivity index (χ0v) is 23.3. The van der Waals surface area contributed by atoms with Crippen molar-refractivity contribution < 1.29 is 37.7 Å². The molecule has 3 aromatic rings. The number of unbranched alkanes of at least 4 members (excludes halogenated alkanes) is 1. The fourth-order valence-electron chi connectivity index (χ4n) is 5.06.